The van der Waals surface area contributed by atoms with Crippen LogP contribution in [-0.2, 0) is 0 Å². The molecule has 0 amide bonds. The van der Waals surface area contributed by atoms with Gasteiger partial charge >= 0.3 is 0 Å². The van der Waals surface area contributed by atoms with Crippen LogP contribution in [0.3, 0.4) is 0 Å². The average Bonchev–Trinajstić information content (AvgIpc) is 2.54. The van der Waals surface area contributed by atoms with Gasteiger partial charge in [-0.2, -0.15) is 0 Å². The molecule has 0 aliphatic carbocycles. The zero-order chi connectivity index (χ0) is 10.4. The van der Waals surface area contributed by atoms with E-state index in [1.807, 2.05) is 47.7 Å². The molecule has 1 aromatic carbocycles. The lowest BCUT2D eigenvalue weighted by Crippen LogP contribution is -1.96. The standard InChI is InChI=1S/C12H11N3/c1-8-6-11(13)15-10-5-3-2-4-9(10)14-12(15)7-8/h2-7H,13H2,1H3. The van der Waals surface area contributed by atoms with Gasteiger partial charge in [0.05, 0.1) is 11.0 Å². The molecular weight excluding hydrogens is 186 g/mol. The molecule has 0 aliphatic rings. The highest BCUT2D eigenvalue weighted by molar-refractivity contribution is 5.82. The van der Waals surface area contributed by atoms with Crippen LogP contribution in [0.25, 0.3) is 16.7 Å². The molecular formula is C12H11N3. The van der Waals surface area contributed by atoms with Crippen molar-refractivity contribution in [3.8, 4) is 0 Å². The van der Waals surface area contributed by atoms with E-state index in [9.17, 15) is 0 Å². The van der Waals surface area contributed by atoms with Gasteiger partial charge in [0.2, 0.25) is 0 Å². The van der Waals surface area contributed by atoms with Crippen LogP contribution >= 0.6 is 0 Å². The second-order valence-corrected chi connectivity index (χ2v) is 3.75. The average molecular weight is 197 g/mol. The molecule has 0 unspecified atom stereocenters. The molecule has 3 nitrogen and oxygen atoms in total. The quantitative estimate of drug-likeness (QED) is 0.601. The van der Waals surface area contributed by atoms with Crippen LogP contribution in [0, 0.1) is 6.92 Å². The Hall–Kier alpha value is -2.03. The first-order valence-electron chi connectivity index (χ1n) is 4.89. The molecule has 0 bridgehead atoms. The third-order valence-corrected chi connectivity index (χ3v) is 2.58. The monoisotopic (exact) mass is 197 g/mol. The summed E-state index contributed by atoms with van der Waals surface area (Å²) in [5.74, 6) is 0.735. The highest BCUT2D eigenvalue weighted by Crippen LogP contribution is 2.20. The van der Waals surface area contributed by atoms with Crippen molar-refractivity contribution in [1.29, 1.82) is 0 Å². The smallest absolute Gasteiger partial charge is 0.139 e. The van der Waals surface area contributed by atoms with Gasteiger partial charge in [-0.3, -0.25) is 4.40 Å². The molecule has 0 fully saturated rings. The topological polar surface area (TPSA) is 43.3 Å². The van der Waals surface area contributed by atoms with Gasteiger partial charge in [-0.1, -0.05) is 12.1 Å². The van der Waals surface area contributed by atoms with Crippen molar-refractivity contribution in [3.63, 3.8) is 0 Å². The number of imidazole rings is 1. The number of nitrogens with two attached hydrogens (primary N) is 1. The first-order chi connectivity index (χ1) is 7.25. The Kier molecular flexibility index (Phi) is 1.51. The molecule has 15 heavy (non-hydrogen) atoms. The molecule has 3 aromatic rings. The Bertz CT molecular complexity index is 652. The number of para-hydroxylation sites is 2. The second kappa shape index (κ2) is 2.73. The van der Waals surface area contributed by atoms with Gasteiger partial charge in [-0.15, -0.1) is 0 Å². The molecule has 0 spiro atoms. The van der Waals surface area contributed by atoms with Crippen molar-refractivity contribution < 1.29 is 0 Å². The van der Waals surface area contributed by atoms with Crippen LogP contribution in [-0.4, -0.2) is 9.38 Å². The summed E-state index contributed by atoms with van der Waals surface area (Å²) in [6.45, 7) is 2.02. The number of aryl methyl sites for hydroxylation is 1. The third kappa shape index (κ3) is 1.09. The highest BCUT2D eigenvalue weighted by Gasteiger charge is 2.05. The molecule has 2 N–H and O–H groups in total. The summed E-state index contributed by atoms with van der Waals surface area (Å²) in [6, 6.07) is 12.0. The van der Waals surface area contributed by atoms with E-state index in [2.05, 4.69) is 4.98 Å². The van der Waals surface area contributed by atoms with Gasteiger partial charge in [0.1, 0.15) is 11.5 Å². The second-order valence-electron chi connectivity index (χ2n) is 3.75. The van der Waals surface area contributed by atoms with E-state index < -0.39 is 0 Å². The molecule has 74 valence electrons. The summed E-state index contributed by atoms with van der Waals surface area (Å²) in [5.41, 5.74) is 10.1. The fraction of sp³-hybridized carbons (Fsp3) is 0.0833. The van der Waals surface area contributed by atoms with Crippen LogP contribution in [0.2, 0.25) is 0 Å². The van der Waals surface area contributed by atoms with Crippen molar-refractivity contribution >= 4 is 22.5 Å². The number of nitrogens with zero attached hydrogens (tertiary/aromatic N) is 2. The number of anilines is 1. The first-order valence-corrected chi connectivity index (χ1v) is 4.89. The number of nitrogen functional groups attached to an aromatic ring is 1. The van der Waals surface area contributed by atoms with Gasteiger partial charge in [-0.25, -0.2) is 4.98 Å². The molecule has 0 saturated heterocycles. The van der Waals surface area contributed by atoms with Crippen LogP contribution in [0.1, 0.15) is 5.56 Å². The van der Waals surface area contributed by atoms with Gasteiger partial charge < -0.3 is 5.73 Å². The number of fused-ring (bicyclic) bond motifs is 3. The number of hydrogen-bond acceptors (Lipinski definition) is 2. The van der Waals surface area contributed by atoms with Crippen molar-refractivity contribution in [2.75, 3.05) is 5.73 Å². The summed E-state index contributed by atoms with van der Waals surface area (Å²) in [5, 5.41) is 0. The van der Waals surface area contributed by atoms with Crippen LogP contribution < -0.4 is 5.73 Å². The van der Waals surface area contributed by atoms with Crippen molar-refractivity contribution in [1.82, 2.24) is 9.38 Å². The van der Waals surface area contributed by atoms with E-state index in [-0.39, 0.29) is 0 Å². The fourth-order valence-electron chi connectivity index (χ4n) is 1.96. The molecule has 2 aromatic heterocycles. The summed E-state index contributed by atoms with van der Waals surface area (Å²) in [4.78, 5) is 4.52. The zero-order valence-electron chi connectivity index (χ0n) is 8.44. The minimum absolute atomic E-state index is 0.735. The lowest BCUT2D eigenvalue weighted by Gasteiger charge is -2.02. The predicted molar refractivity (Wildman–Crippen MR) is 61.8 cm³/mol. The Balaban J connectivity index is 2.61. The van der Waals surface area contributed by atoms with Gasteiger partial charge in [0, 0.05) is 0 Å². The normalized spacial score (nSPS) is 11.3. The van der Waals surface area contributed by atoms with E-state index in [0.717, 1.165) is 28.1 Å². The number of rotatable bonds is 0. The van der Waals surface area contributed by atoms with Gasteiger partial charge in [0.15, 0.2) is 0 Å². The maximum Gasteiger partial charge on any atom is 0.139 e. The van der Waals surface area contributed by atoms with Crippen molar-refractivity contribution in [2.45, 2.75) is 6.92 Å². The number of aromatic nitrogens is 2. The molecule has 3 rings (SSSR count). The minimum atomic E-state index is 0.735. The van der Waals surface area contributed by atoms with Crippen LogP contribution in [0.5, 0.6) is 0 Å². The molecule has 0 saturated carbocycles. The Morgan fingerprint density at radius 2 is 2.00 bits per heavy atom. The number of benzene rings is 1. The zero-order valence-corrected chi connectivity index (χ0v) is 8.44. The summed E-state index contributed by atoms with van der Waals surface area (Å²) in [7, 11) is 0. The molecule has 0 atom stereocenters. The summed E-state index contributed by atoms with van der Waals surface area (Å²) in [6.07, 6.45) is 0. The number of hydrogen-bond donors (Lipinski definition) is 1. The van der Waals surface area contributed by atoms with Gasteiger partial charge in [-0.05, 0) is 36.8 Å². The largest absolute Gasteiger partial charge is 0.385 e. The highest BCUT2D eigenvalue weighted by atomic mass is 15.1. The van der Waals surface area contributed by atoms with Crippen molar-refractivity contribution in [3.05, 3.63) is 42.0 Å². The molecule has 2 heterocycles. The molecule has 3 heteroatoms. The Labute approximate surface area is 87.2 Å². The lowest BCUT2D eigenvalue weighted by atomic mass is 10.3. The lowest BCUT2D eigenvalue weighted by molar-refractivity contribution is 1.22. The predicted octanol–water partition coefficient (Wildman–Crippen LogP) is 2.38. The van der Waals surface area contributed by atoms with Gasteiger partial charge in [0.25, 0.3) is 0 Å². The maximum atomic E-state index is 5.99. The third-order valence-electron chi connectivity index (χ3n) is 2.58. The minimum Gasteiger partial charge on any atom is -0.385 e. The maximum absolute atomic E-state index is 5.99. The summed E-state index contributed by atoms with van der Waals surface area (Å²) >= 11 is 0. The summed E-state index contributed by atoms with van der Waals surface area (Å²) < 4.78 is 1.97. The van der Waals surface area contributed by atoms with E-state index >= 15 is 0 Å². The Morgan fingerprint density at radius 1 is 1.20 bits per heavy atom. The fourth-order valence-corrected chi connectivity index (χ4v) is 1.96. The van der Waals surface area contributed by atoms with E-state index in [0.29, 0.717) is 0 Å². The molecule has 0 aliphatic heterocycles. The van der Waals surface area contributed by atoms with E-state index in [1.54, 1.807) is 0 Å². The first kappa shape index (κ1) is 8.29. The SMILES string of the molecule is Cc1cc(N)n2c(c1)nc1ccccc12. The van der Waals surface area contributed by atoms with Crippen LogP contribution in [0.4, 0.5) is 5.82 Å². The number of pyridine rings is 1. The van der Waals surface area contributed by atoms with Crippen molar-refractivity contribution in [2.24, 2.45) is 0 Å². The van der Waals surface area contributed by atoms with E-state index in [4.69, 9.17) is 5.73 Å². The van der Waals surface area contributed by atoms with Crippen LogP contribution in [0.15, 0.2) is 36.4 Å². The molecule has 0 radical (unpaired) electrons. The Morgan fingerprint density at radius 3 is 2.87 bits per heavy atom. The van der Waals surface area contributed by atoms with E-state index in [1.165, 1.54) is 0 Å².